The van der Waals surface area contributed by atoms with E-state index in [0.29, 0.717) is 18.1 Å². The Balaban J connectivity index is 2.15. The molecule has 1 aromatic rings. The maximum Gasteiger partial charge on any atom is 0.166 e. The van der Waals surface area contributed by atoms with E-state index in [2.05, 4.69) is 5.32 Å². The summed E-state index contributed by atoms with van der Waals surface area (Å²) in [5.41, 5.74) is 3.04. The number of nitrogens with one attached hydrogen (secondary N) is 1. The van der Waals surface area contributed by atoms with Gasteiger partial charge in [-0.25, -0.2) is 0 Å². The van der Waals surface area contributed by atoms with E-state index in [4.69, 9.17) is 4.74 Å². The van der Waals surface area contributed by atoms with Gasteiger partial charge in [0.2, 0.25) is 0 Å². The van der Waals surface area contributed by atoms with Crippen LogP contribution >= 0.6 is 0 Å². The fourth-order valence-corrected chi connectivity index (χ4v) is 2.65. The zero-order chi connectivity index (χ0) is 13.8. The van der Waals surface area contributed by atoms with Gasteiger partial charge in [0, 0.05) is 6.42 Å². The molecular weight excluding hydrogens is 238 g/mol. The second kappa shape index (κ2) is 6.20. The van der Waals surface area contributed by atoms with Crippen molar-refractivity contribution < 1.29 is 9.53 Å². The number of Topliss-reactive ketones (excluding diaryl/α,β-unsaturated/α-hetero) is 1. The van der Waals surface area contributed by atoms with Crippen LogP contribution in [0.2, 0.25) is 0 Å². The zero-order valence-electron chi connectivity index (χ0n) is 12.1. The highest BCUT2D eigenvalue weighted by Gasteiger charge is 2.20. The lowest BCUT2D eigenvalue weighted by Crippen LogP contribution is -2.31. The van der Waals surface area contributed by atoms with Crippen LogP contribution in [0.25, 0.3) is 0 Å². The maximum atomic E-state index is 12.4. The van der Waals surface area contributed by atoms with Crippen molar-refractivity contribution in [3.05, 3.63) is 28.8 Å². The van der Waals surface area contributed by atoms with Gasteiger partial charge < -0.3 is 10.1 Å². The van der Waals surface area contributed by atoms with Gasteiger partial charge in [0.25, 0.3) is 0 Å². The summed E-state index contributed by atoms with van der Waals surface area (Å²) >= 11 is 0. The van der Waals surface area contributed by atoms with Gasteiger partial charge in [-0.1, -0.05) is 0 Å². The third kappa shape index (κ3) is 3.35. The largest absolute Gasteiger partial charge is 0.496 e. The first-order chi connectivity index (χ1) is 9.11. The summed E-state index contributed by atoms with van der Waals surface area (Å²) in [7, 11) is 1.63. The van der Waals surface area contributed by atoms with Gasteiger partial charge in [-0.3, -0.25) is 4.79 Å². The van der Waals surface area contributed by atoms with Crippen LogP contribution < -0.4 is 10.1 Å². The Morgan fingerprint density at radius 3 is 2.74 bits per heavy atom. The van der Waals surface area contributed by atoms with Crippen molar-refractivity contribution in [1.82, 2.24) is 5.32 Å². The molecule has 1 aliphatic heterocycles. The Morgan fingerprint density at radius 1 is 1.37 bits per heavy atom. The van der Waals surface area contributed by atoms with Gasteiger partial charge >= 0.3 is 0 Å². The number of piperidine rings is 1. The Hall–Kier alpha value is -1.35. The lowest BCUT2D eigenvalue weighted by atomic mass is 9.91. The molecule has 104 valence electrons. The molecule has 1 aromatic carbocycles. The van der Waals surface area contributed by atoms with Gasteiger partial charge in [0.1, 0.15) is 5.75 Å². The zero-order valence-corrected chi connectivity index (χ0v) is 12.1. The molecule has 3 nitrogen and oxygen atoms in total. The van der Waals surface area contributed by atoms with Gasteiger partial charge in [-0.15, -0.1) is 0 Å². The first-order valence-electron chi connectivity index (χ1n) is 7.01. The SMILES string of the molecule is COc1cc(C)c(C)cc1C(=O)CC1CCCNC1. The Kier molecular flexibility index (Phi) is 4.59. The molecule has 1 atom stereocenters. The van der Waals surface area contributed by atoms with E-state index in [1.807, 2.05) is 26.0 Å². The van der Waals surface area contributed by atoms with E-state index in [9.17, 15) is 4.79 Å². The van der Waals surface area contributed by atoms with Crippen molar-refractivity contribution in [3.8, 4) is 5.75 Å². The number of hydrogen-bond donors (Lipinski definition) is 1. The molecule has 0 saturated carbocycles. The van der Waals surface area contributed by atoms with Gasteiger partial charge in [-0.05, 0) is 69.0 Å². The molecule has 1 N–H and O–H groups in total. The summed E-state index contributed by atoms with van der Waals surface area (Å²) in [6.07, 6.45) is 2.93. The fourth-order valence-electron chi connectivity index (χ4n) is 2.65. The summed E-state index contributed by atoms with van der Waals surface area (Å²) in [4.78, 5) is 12.4. The lowest BCUT2D eigenvalue weighted by molar-refractivity contribution is 0.0950. The minimum absolute atomic E-state index is 0.202. The maximum absolute atomic E-state index is 12.4. The molecule has 1 fully saturated rings. The molecule has 0 aliphatic carbocycles. The fraction of sp³-hybridized carbons (Fsp3) is 0.562. The third-order valence-electron chi connectivity index (χ3n) is 3.99. The van der Waals surface area contributed by atoms with Crippen molar-refractivity contribution in [1.29, 1.82) is 0 Å². The van der Waals surface area contributed by atoms with Crippen LogP contribution in [-0.2, 0) is 0 Å². The predicted molar refractivity (Wildman–Crippen MR) is 77.0 cm³/mol. The van der Waals surface area contributed by atoms with Crippen molar-refractivity contribution in [3.63, 3.8) is 0 Å². The van der Waals surface area contributed by atoms with Crippen LogP contribution in [0.4, 0.5) is 0 Å². The number of ketones is 1. The third-order valence-corrected chi connectivity index (χ3v) is 3.99. The second-order valence-corrected chi connectivity index (χ2v) is 5.48. The van der Waals surface area contributed by atoms with E-state index in [1.54, 1.807) is 7.11 Å². The topological polar surface area (TPSA) is 38.3 Å². The standard InChI is InChI=1S/C16H23NO2/c1-11-7-14(16(19-3)8-12(11)2)15(18)9-13-5-4-6-17-10-13/h7-8,13,17H,4-6,9-10H2,1-3H3. The number of ether oxygens (including phenoxy) is 1. The summed E-state index contributed by atoms with van der Waals surface area (Å²) in [6, 6.07) is 3.93. The normalized spacial score (nSPS) is 19.2. The van der Waals surface area contributed by atoms with Crippen LogP contribution in [0.5, 0.6) is 5.75 Å². The highest BCUT2D eigenvalue weighted by atomic mass is 16.5. The molecule has 1 unspecified atom stereocenters. The van der Waals surface area contributed by atoms with Crippen molar-refractivity contribution in [2.45, 2.75) is 33.1 Å². The van der Waals surface area contributed by atoms with E-state index in [0.717, 1.165) is 36.2 Å². The average molecular weight is 261 g/mol. The van der Waals surface area contributed by atoms with E-state index >= 15 is 0 Å². The minimum atomic E-state index is 0.202. The molecule has 0 spiro atoms. The number of hydrogen-bond acceptors (Lipinski definition) is 3. The average Bonchev–Trinajstić information content (AvgIpc) is 2.42. The Morgan fingerprint density at radius 2 is 2.11 bits per heavy atom. The molecule has 1 saturated heterocycles. The molecule has 1 heterocycles. The summed E-state index contributed by atoms with van der Waals surface area (Å²) < 4.78 is 5.36. The van der Waals surface area contributed by atoms with Crippen molar-refractivity contribution in [2.75, 3.05) is 20.2 Å². The highest BCUT2D eigenvalue weighted by Crippen LogP contribution is 2.26. The molecule has 0 amide bonds. The van der Waals surface area contributed by atoms with E-state index in [-0.39, 0.29) is 5.78 Å². The minimum Gasteiger partial charge on any atom is -0.496 e. The molecule has 0 bridgehead atoms. The second-order valence-electron chi connectivity index (χ2n) is 5.48. The number of carbonyl (C=O) groups is 1. The number of methoxy groups -OCH3 is 1. The molecule has 3 heteroatoms. The Labute approximate surface area is 115 Å². The van der Waals surface area contributed by atoms with Crippen LogP contribution in [0.1, 0.15) is 40.7 Å². The van der Waals surface area contributed by atoms with Crippen molar-refractivity contribution >= 4 is 5.78 Å². The first kappa shape index (κ1) is 14.1. The predicted octanol–water partition coefficient (Wildman–Crippen LogP) is 2.88. The smallest absolute Gasteiger partial charge is 0.166 e. The highest BCUT2D eigenvalue weighted by molar-refractivity contribution is 5.99. The molecular formula is C16H23NO2. The number of rotatable bonds is 4. The van der Waals surface area contributed by atoms with E-state index < -0.39 is 0 Å². The number of carbonyl (C=O) groups excluding carboxylic acids is 1. The summed E-state index contributed by atoms with van der Waals surface area (Å²) in [5, 5.41) is 3.36. The monoisotopic (exact) mass is 261 g/mol. The van der Waals surface area contributed by atoms with Gasteiger partial charge in [0.15, 0.2) is 5.78 Å². The van der Waals surface area contributed by atoms with Gasteiger partial charge in [-0.2, -0.15) is 0 Å². The van der Waals surface area contributed by atoms with Crippen molar-refractivity contribution in [2.24, 2.45) is 5.92 Å². The number of benzene rings is 1. The summed E-state index contributed by atoms with van der Waals surface area (Å²) in [5.74, 6) is 1.37. The number of aryl methyl sites for hydroxylation is 2. The Bertz CT molecular complexity index is 462. The summed E-state index contributed by atoms with van der Waals surface area (Å²) in [6.45, 7) is 6.11. The quantitative estimate of drug-likeness (QED) is 0.847. The molecule has 0 aromatic heterocycles. The molecule has 2 rings (SSSR count). The van der Waals surface area contributed by atoms with Gasteiger partial charge in [0.05, 0.1) is 12.7 Å². The molecule has 1 aliphatic rings. The lowest BCUT2D eigenvalue weighted by Gasteiger charge is -2.22. The van der Waals surface area contributed by atoms with Crippen LogP contribution in [0.15, 0.2) is 12.1 Å². The first-order valence-corrected chi connectivity index (χ1v) is 7.01. The molecule has 19 heavy (non-hydrogen) atoms. The van der Waals surface area contributed by atoms with E-state index in [1.165, 1.54) is 6.42 Å². The molecule has 0 radical (unpaired) electrons. The van der Waals surface area contributed by atoms with Crippen LogP contribution in [0, 0.1) is 19.8 Å². The van der Waals surface area contributed by atoms with Crippen LogP contribution in [-0.4, -0.2) is 26.0 Å². The van der Waals surface area contributed by atoms with Crippen LogP contribution in [0.3, 0.4) is 0 Å².